The zero-order valence-corrected chi connectivity index (χ0v) is 6.99. The van der Waals surface area contributed by atoms with E-state index >= 15 is 0 Å². The van der Waals surface area contributed by atoms with Gasteiger partial charge < -0.3 is 23.7 Å². The molecule has 0 aromatic heterocycles. The van der Waals surface area contributed by atoms with Gasteiger partial charge in [0.25, 0.3) is 0 Å². The Kier molecular flexibility index (Phi) is 6.14. The quantitative estimate of drug-likeness (QED) is 0.520. The molecule has 0 atom stereocenters. The number of hydrogen-bond donors (Lipinski definition) is 0. The van der Waals surface area contributed by atoms with Gasteiger partial charge in [-0.3, -0.25) is 0 Å². The van der Waals surface area contributed by atoms with Crippen molar-refractivity contribution in [1.29, 1.82) is 0 Å². The summed E-state index contributed by atoms with van der Waals surface area (Å²) in [7, 11) is 0. The molecule has 1 fully saturated rings. The molecule has 12 heavy (non-hydrogen) atoms. The zero-order valence-electron chi connectivity index (χ0n) is 6.99. The topological polar surface area (TPSA) is 46.2 Å². The lowest BCUT2D eigenvalue weighted by Crippen LogP contribution is -2.15. The Balaban J connectivity index is 2.00. The van der Waals surface area contributed by atoms with Gasteiger partial charge in [0.2, 0.25) is 0 Å². The molecule has 0 spiro atoms. The lowest BCUT2D eigenvalue weighted by atomic mass is 10.8. The van der Waals surface area contributed by atoms with Gasteiger partial charge in [-0.15, -0.1) is 0 Å². The highest BCUT2D eigenvalue weighted by Gasteiger charge is 1.94. The highest BCUT2D eigenvalue weighted by atomic mass is 16.7. The Hall–Kier alpha value is -0.200. The van der Waals surface area contributed by atoms with Crippen LogP contribution in [0.5, 0.6) is 0 Å². The smallest absolute Gasteiger partial charge is 0.149 e. The van der Waals surface area contributed by atoms with Crippen molar-refractivity contribution in [3.05, 3.63) is 0 Å². The van der Waals surface area contributed by atoms with Crippen LogP contribution in [0.2, 0.25) is 0 Å². The van der Waals surface area contributed by atoms with E-state index < -0.39 is 0 Å². The van der Waals surface area contributed by atoms with Crippen molar-refractivity contribution in [1.82, 2.24) is 0 Å². The third-order valence-corrected chi connectivity index (χ3v) is 1.24. The average Bonchev–Trinajstić information content (AvgIpc) is 2.05. The molecule has 1 aliphatic rings. The fraction of sp³-hybridized carbons (Fsp3) is 1.00. The monoisotopic (exact) mass is 178 g/mol. The molecule has 1 heterocycles. The summed E-state index contributed by atoms with van der Waals surface area (Å²) in [6.45, 7) is 2.91. The summed E-state index contributed by atoms with van der Waals surface area (Å²) in [4.78, 5) is 0. The molecule has 1 rings (SSSR count). The average molecular weight is 178 g/mol. The van der Waals surface area contributed by atoms with Crippen molar-refractivity contribution in [2.75, 3.05) is 46.8 Å². The van der Waals surface area contributed by atoms with E-state index in [4.69, 9.17) is 23.7 Å². The Morgan fingerprint density at radius 2 is 0.750 bits per heavy atom. The van der Waals surface area contributed by atoms with E-state index in [0.717, 1.165) is 0 Å². The fourth-order valence-electron chi connectivity index (χ4n) is 0.682. The minimum absolute atomic E-state index is 0.254. The molecule has 1 saturated heterocycles. The molecule has 5 nitrogen and oxygen atoms in total. The summed E-state index contributed by atoms with van der Waals surface area (Å²) in [6.07, 6.45) is 0. The molecule has 5 heteroatoms. The molecule has 0 aromatic carbocycles. The van der Waals surface area contributed by atoms with Crippen molar-refractivity contribution < 1.29 is 23.7 Å². The summed E-state index contributed by atoms with van der Waals surface area (Å²) < 4.78 is 25.1. The van der Waals surface area contributed by atoms with Crippen LogP contribution >= 0.6 is 0 Å². The summed E-state index contributed by atoms with van der Waals surface area (Å²) in [5.74, 6) is 0. The largest absolute Gasteiger partial charge is 0.353 e. The van der Waals surface area contributed by atoms with Crippen LogP contribution in [0.4, 0.5) is 0 Å². The first-order valence-corrected chi connectivity index (χ1v) is 3.89. The van der Waals surface area contributed by atoms with Crippen LogP contribution in [0.3, 0.4) is 0 Å². The van der Waals surface area contributed by atoms with E-state index in [1.807, 2.05) is 0 Å². The Morgan fingerprint density at radius 1 is 0.417 bits per heavy atom. The van der Waals surface area contributed by atoms with Crippen LogP contribution in [0.25, 0.3) is 0 Å². The summed E-state index contributed by atoms with van der Waals surface area (Å²) in [5.41, 5.74) is 0. The molecular weight excluding hydrogens is 164 g/mol. The van der Waals surface area contributed by atoms with Gasteiger partial charge in [0, 0.05) is 0 Å². The van der Waals surface area contributed by atoms with Gasteiger partial charge >= 0.3 is 0 Å². The van der Waals surface area contributed by atoms with Crippen molar-refractivity contribution in [3.63, 3.8) is 0 Å². The second-order valence-electron chi connectivity index (χ2n) is 2.19. The van der Waals surface area contributed by atoms with Crippen LogP contribution in [0, 0.1) is 0 Å². The second-order valence-corrected chi connectivity index (χ2v) is 2.19. The van der Waals surface area contributed by atoms with Crippen LogP contribution in [-0.4, -0.2) is 46.8 Å². The zero-order chi connectivity index (χ0) is 8.49. The molecule has 0 unspecified atom stereocenters. The van der Waals surface area contributed by atoms with E-state index in [2.05, 4.69) is 0 Å². The van der Waals surface area contributed by atoms with E-state index in [-0.39, 0.29) is 13.6 Å². The summed E-state index contributed by atoms with van der Waals surface area (Å²) >= 11 is 0. The molecule has 0 aromatic rings. The molecule has 0 N–H and O–H groups in total. The molecule has 0 bridgehead atoms. The molecule has 0 aliphatic carbocycles. The van der Waals surface area contributed by atoms with E-state index in [0.29, 0.717) is 33.2 Å². The van der Waals surface area contributed by atoms with Crippen molar-refractivity contribution >= 4 is 0 Å². The van der Waals surface area contributed by atoms with Crippen molar-refractivity contribution in [2.45, 2.75) is 0 Å². The first-order valence-electron chi connectivity index (χ1n) is 3.89. The fourth-order valence-corrected chi connectivity index (χ4v) is 0.682. The van der Waals surface area contributed by atoms with Gasteiger partial charge in [0.15, 0.2) is 0 Å². The maximum Gasteiger partial charge on any atom is 0.149 e. The van der Waals surface area contributed by atoms with E-state index in [1.54, 1.807) is 0 Å². The molecule has 0 saturated carbocycles. The van der Waals surface area contributed by atoms with Crippen molar-refractivity contribution in [3.8, 4) is 0 Å². The maximum absolute atomic E-state index is 5.05. The number of ether oxygens (including phenoxy) is 5. The predicted molar refractivity (Wildman–Crippen MR) is 39.5 cm³/mol. The van der Waals surface area contributed by atoms with Gasteiger partial charge in [0.05, 0.1) is 26.4 Å². The molecule has 0 amide bonds. The lowest BCUT2D eigenvalue weighted by Gasteiger charge is -2.10. The summed E-state index contributed by atoms with van der Waals surface area (Å²) in [5, 5.41) is 0. The lowest BCUT2D eigenvalue weighted by molar-refractivity contribution is -0.163. The third kappa shape index (κ3) is 5.45. The standard InChI is InChI=1S/C7H14O5/c1-3-10-6-12-7-11-4-2-9-5-8-1/h1-7H2. The molecule has 72 valence electrons. The molecule has 1 aliphatic heterocycles. The predicted octanol–water partition coefficient (Wildman–Crippen LogP) is -0.0445. The summed E-state index contributed by atoms with van der Waals surface area (Å²) in [6, 6.07) is 0. The van der Waals surface area contributed by atoms with Crippen LogP contribution in [0.1, 0.15) is 0 Å². The Morgan fingerprint density at radius 3 is 1.17 bits per heavy atom. The van der Waals surface area contributed by atoms with E-state index in [1.165, 1.54) is 0 Å². The van der Waals surface area contributed by atoms with Gasteiger partial charge in [-0.1, -0.05) is 0 Å². The maximum atomic E-state index is 5.05. The van der Waals surface area contributed by atoms with Crippen LogP contribution < -0.4 is 0 Å². The third-order valence-electron chi connectivity index (χ3n) is 1.24. The number of hydrogen-bond acceptors (Lipinski definition) is 5. The second kappa shape index (κ2) is 7.45. The van der Waals surface area contributed by atoms with Gasteiger partial charge in [-0.2, -0.15) is 0 Å². The Labute approximate surface area is 71.5 Å². The van der Waals surface area contributed by atoms with Gasteiger partial charge in [-0.05, 0) is 0 Å². The molecular formula is C7H14O5. The number of rotatable bonds is 0. The first-order chi connectivity index (χ1) is 6.00. The Bertz CT molecular complexity index is 54.8. The van der Waals surface area contributed by atoms with Crippen LogP contribution in [-0.2, 0) is 23.7 Å². The highest BCUT2D eigenvalue weighted by molar-refractivity contribution is 4.27. The van der Waals surface area contributed by atoms with E-state index in [9.17, 15) is 0 Å². The minimum Gasteiger partial charge on any atom is -0.353 e. The highest BCUT2D eigenvalue weighted by Crippen LogP contribution is 1.86. The minimum atomic E-state index is 0.254. The first kappa shape index (κ1) is 9.88. The van der Waals surface area contributed by atoms with Crippen LogP contribution in [0.15, 0.2) is 0 Å². The van der Waals surface area contributed by atoms with Gasteiger partial charge in [0.1, 0.15) is 20.4 Å². The SMILES string of the molecule is C1COCOCOCCOCO1. The normalized spacial score (nSPS) is 24.0. The van der Waals surface area contributed by atoms with Crippen molar-refractivity contribution in [2.24, 2.45) is 0 Å². The van der Waals surface area contributed by atoms with Gasteiger partial charge in [-0.25, -0.2) is 0 Å². The molecule has 0 radical (unpaired) electrons.